The van der Waals surface area contributed by atoms with E-state index in [1.807, 2.05) is 0 Å². The molecule has 0 aliphatic heterocycles. The topological polar surface area (TPSA) is 30.0 Å². The van der Waals surface area contributed by atoms with Crippen LogP contribution >= 0.6 is 11.6 Å². The standard InChI is InChI=1S/C13H6ClF4NO/c14-9-2-1-5-19-11(9)12(20)7-3-4-10(15)8(6-7)13(16,17)18/h1-6H. The zero-order chi connectivity index (χ0) is 14.9. The normalized spacial score (nSPS) is 11.4. The maximum Gasteiger partial charge on any atom is 0.419 e. The van der Waals surface area contributed by atoms with E-state index in [0.717, 1.165) is 6.07 Å². The second-order valence-corrected chi connectivity index (χ2v) is 4.26. The third kappa shape index (κ3) is 2.80. The quantitative estimate of drug-likeness (QED) is 0.617. The highest BCUT2D eigenvalue weighted by Crippen LogP contribution is 2.32. The lowest BCUT2D eigenvalue weighted by molar-refractivity contribution is -0.140. The van der Waals surface area contributed by atoms with E-state index in [1.165, 1.54) is 18.3 Å². The Balaban J connectivity index is 2.50. The lowest BCUT2D eigenvalue weighted by Crippen LogP contribution is -2.11. The van der Waals surface area contributed by atoms with Gasteiger partial charge >= 0.3 is 6.18 Å². The van der Waals surface area contributed by atoms with Gasteiger partial charge in [-0.3, -0.25) is 9.78 Å². The van der Waals surface area contributed by atoms with Crippen LogP contribution in [0.1, 0.15) is 21.6 Å². The Morgan fingerprint density at radius 3 is 2.50 bits per heavy atom. The summed E-state index contributed by atoms with van der Waals surface area (Å²) < 4.78 is 50.9. The number of carbonyl (C=O) groups is 1. The number of carbonyl (C=O) groups excluding carboxylic acids is 1. The first-order valence-electron chi connectivity index (χ1n) is 5.32. The highest BCUT2D eigenvalue weighted by molar-refractivity contribution is 6.34. The van der Waals surface area contributed by atoms with Crippen molar-refractivity contribution >= 4 is 17.4 Å². The minimum atomic E-state index is -4.88. The van der Waals surface area contributed by atoms with Crippen molar-refractivity contribution in [2.75, 3.05) is 0 Å². The third-order valence-corrected chi connectivity index (χ3v) is 2.81. The summed E-state index contributed by atoms with van der Waals surface area (Å²) in [5, 5.41) is 0.00961. The lowest BCUT2D eigenvalue weighted by atomic mass is 10.0. The molecule has 0 radical (unpaired) electrons. The smallest absolute Gasteiger partial charge is 0.287 e. The summed E-state index contributed by atoms with van der Waals surface area (Å²) in [7, 11) is 0. The van der Waals surface area contributed by atoms with Crippen LogP contribution in [0.3, 0.4) is 0 Å². The molecule has 2 rings (SSSR count). The summed E-state index contributed by atoms with van der Waals surface area (Å²) in [6, 6.07) is 4.86. The van der Waals surface area contributed by atoms with Crippen molar-refractivity contribution in [3.05, 3.63) is 64.2 Å². The SMILES string of the molecule is O=C(c1ccc(F)c(C(F)(F)F)c1)c1ncccc1Cl. The molecule has 0 aliphatic carbocycles. The minimum Gasteiger partial charge on any atom is -0.287 e. The molecule has 1 heterocycles. The van der Waals surface area contributed by atoms with Gasteiger partial charge in [0.05, 0.1) is 10.6 Å². The van der Waals surface area contributed by atoms with Crippen molar-refractivity contribution in [1.29, 1.82) is 0 Å². The maximum absolute atomic E-state index is 13.1. The van der Waals surface area contributed by atoms with Gasteiger partial charge in [0.25, 0.3) is 0 Å². The van der Waals surface area contributed by atoms with E-state index >= 15 is 0 Å². The number of pyridine rings is 1. The zero-order valence-corrected chi connectivity index (χ0v) is 10.5. The molecular weight excluding hydrogens is 298 g/mol. The van der Waals surface area contributed by atoms with Crippen LogP contribution in [0.15, 0.2) is 36.5 Å². The fraction of sp³-hybridized carbons (Fsp3) is 0.0769. The van der Waals surface area contributed by atoms with Crippen LogP contribution in [-0.2, 0) is 6.18 Å². The van der Waals surface area contributed by atoms with Crippen LogP contribution in [-0.4, -0.2) is 10.8 Å². The number of alkyl halides is 3. The minimum absolute atomic E-state index is 0.00961. The Kier molecular flexibility index (Phi) is 3.76. The summed E-state index contributed by atoms with van der Waals surface area (Å²) in [4.78, 5) is 15.7. The molecule has 0 atom stereocenters. The monoisotopic (exact) mass is 303 g/mol. The van der Waals surface area contributed by atoms with E-state index in [-0.39, 0.29) is 16.3 Å². The highest BCUT2D eigenvalue weighted by Gasteiger charge is 2.34. The first-order valence-corrected chi connectivity index (χ1v) is 5.70. The lowest BCUT2D eigenvalue weighted by Gasteiger charge is -2.09. The van der Waals surface area contributed by atoms with E-state index in [1.54, 1.807) is 0 Å². The molecule has 20 heavy (non-hydrogen) atoms. The Bertz CT molecular complexity index is 670. The van der Waals surface area contributed by atoms with Gasteiger partial charge in [-0.2, -0.15) is 13.2 Å². The molecule has 0 saturated heterocycles. The first-order chi connectivity index (χ1) is 9.30. The van der Waals surface area contributed by atoms with Crippen LogP contribution < -0.4 is 0 Å². The average molecular weight is 304 g/mol. The maximum atomic E-state index is 13.1. The van der Waals surface area contributed by atoms with Gasteiger partial charge < -0.3 is 0 Å². The van der Waals surface area contributed by atoms with Gasteiger partial charge in [0, 0.05) is 11.8 Å². The van der Waals surface area contributed by atoms with Crippen molar-refractivity contribution in [2.45, 2.75) is 6.18 Å². The Morgan fingerprint density at radius 2 is 1.90 bits per heavy atom. The third-order valence-electron chi connectivity index (χ3n) is 2.51. The van der Waals surface area contributed by atoms with Crippen molar-refractivity contribution in [1.82, 2.24) is 4.98 Å². The Labute approximate surface area is 116 Å². The van der Waals surface area contributed by atoms with Gasteiger partial charge in [0.15, 0.2) is 0 Å². The van der Waals surface area contributed by atoms with E-state index in [9.17, 15) is 22.4 Å². The molecule has 104 valence electrons. The first kappa shape index (κ1) is 14.5. The van der Waals surface area contributed by atoms with E-state index in [4.69, 9.17) is 11.6 Å². The molecular formula is C13H6ClF4NO. The van der Waals surface area contributed by atoms with E-state index in [2.05, 4.69) is 4.98 Å². The predicted octanol–water partition coefficient (Wildman–Crippen LogP) is 4.12. The molecule has 0 aliphatic rings. The number of nitrogens with zero attached hydrogens (tertiary/aromatic N) is 1. The second kappa shape index (κ2) is 5.20. The van der Waals surface area contributed by atoms with E-state index < -0.39 is 23.3 Å². The fourth-order valence-electron chi connectivity index (χ4n) is 1.57. The Morgan fingerprint density at radius 1 is 1.20 bits per heavy atom. The summed E-state index contributed by atoms with van der Waals surface area (Å²) in [5.74, 6) is -2.25. The number of ketones is 1. The molecule has 1 aromatic heterocycles. The molecule has 0 bridgehead atoms. The highest BCUT2D eigenvalue weighted by atomic mass is 35.5. The van der Waals surface area contributed by atoms with Gasteiger partial charge in [-0.15, -0.1) is 0 Å². The molecule has 0 amide bonds. The zero-order valence-electron chi connectivity index (χ0n) is 9.71. The van der Waals surface area contributed by atoms with Gasteiger partial charge in [-0.05, 0) is 30.3 Å². The van der Waals surface area contributed by atoms with Crippen molar-refractivity contribution in [2.24, 2.45) is 0 Å². The van der Waals surface area contributed by atoms with Crippen molar-refractivity contribution < 1.29 is 22.4 Å². The molecule has 1 aromatic carbocycles. The summed E-state index contributed by atoms with van der Waals surface area (Å²) in [6.45, 7) is 0. The van der Waals surface area contributed by atoms with Crippen molar-refractivity contribution in [3.63, 3.8) is 0 Å². The molecule has 2 nitrogen and oxygen atoms in total. The number of hydrogen-bond acceptors (Lipinski definition) is 2. The molecule has 0 spiro atoms. The molecule has 7 heteroatoms. The fourth-order valence-corrected chi connectivity index (χ4v) is 1.78. The number of halogens is 5. The van der Waals surface area contributed by atoms with Gasteiger partial charge in [-0.1, -0.05) is 11.6 Å². The van der Waals surface area contributed by atoms with Crippen LogP contribution in [0.4, 0.5) is 17.6 Å². The van der Waals surface area contributed by atoms with Gasteiger partial charge in [0.2, 0.25) is 5.78 Å². The van der Waals surface area contributed by atoms with Gasteiger partial charge in [0.1, 0.15) is 11.5 Å². The number of aromatic nitrogens is 1. The van der Waals surface area contributed by atoms with Crippen LogP contribution in [0.25, 0.3) is 0 Å². The average Bonchev–Trinajstić information content (AvgIpc) is 2.37. The van der Waals surface area contributed by atoms with Crippen LogP contribution in [0, 0.1) is 5.82 Å². The molecule has 0 unspecified atom stereocenters. The van der Waals surface area contributed by atoms with Crippen LogP contribution in [0.2, 0.25) is 5.02 Å². The van der Waals surface area contributed by atoms with Gasteiger partial charge in [-0.25, -0.2) is 4.39 Å². The van der Waals surface area contributed by atoms with Crippen molar-refractivity contribution in [3.8, 4) is 0 Å². The predicted molar refractivity (Wildman–Crippen MR) is 64.1 cm³/mol. The summed E-state index contributed by atoms with van der Waals surface area (Å²) in [6.07, 6.45) is -3.60. The number of rotatable bonds is 2. The number of benzene rings is 1. The largest absolute Gasteiger partial charge is 0.419 e. The Hall–Kier alpha value is -1.95. The molecule has 0 saturated carbocycles. The number of hydrogen-bond donors (Lipinski definition) is 0. The summed E-state index contributed by atoms with van der Waals surface area (Å²) >= 11 is 5.75. The summed E-state index contributed by atoms with van der Waals surface area (Å²) in [5.41, 5.74) is -2.02. The molecule has 0 N–H and O–H groups in total. The molecule has 2 aromatic rings. The second-order valence-electron chi connectivity index (χ2n) is 3.86. The molecule has 0 fully saturated rings. The van der Waals surface area contributed by atoms with Crippen LogP contribution in [0.5, 0.6) is 0 Å². The van der Waals surface area contributed by atoms with E-state index in [0.29, 0.717) is 12.1 Å².